The van der Waals surface area contributed by atoms with Crippen LogP contribution in [0.4, 0.5) is 32.1 Å². The second-order valence-corrected chi connectivity index (χ2v) is 31.8. The summed E-state index contributed by atoms with van der Waals surface area (Å²) < 4.78 is 120. The van der Waals surface area contributed by atoms with E-state index in [1.807, 2.05) is 13.8 Å². The predicted molar refractivity (Wildman–Crippen MR) is 319 cm³/mol. The second-order valence-electron chi connectivity index (χ2n) is 20.6. The molecule has 14 rings (SSSR count). The summed E-state index contributed by atoms with van der Waals surface area (Å²) in [7, 11) is 0. The molecular weight excluding hydrogens is 1350 g/mol. The summed E-state index contributed by atoms with van der Waals surface area (Å²) in [6.45, 7) is -15.4. The second kappa shape index (κ2) is 24.9. The Bertz CT molecular complexity index is 3680. The van der Waals surface area contributed by atoms with Gasteiger partial charge in [-0.3, -0.25) is 50.9 Å². The first-order valence-electron chi connectivity index (χ1n) is 26.3. The van der Waals surface area contributed by atoms with Crippen LogP contribution in [0.5, 0.6) is 0 Å². The lowest BCUT2D eigenvalue weighted by Gasteiger charge is -2.28. The number of aliphatic imine (C=N–C) groups is 2. The molecule has 6 saturated heterocycles. The molecule has 0 radical (unpaired) electrons. The van der Waals surface area contributed by atoms with E-state index in [1.54, 1.807) is 0 Å². The maximum atomic E-state index is 15.9. The van der Waals surface area contributed by atoms with Gasteiger partial charge in [0.2, 0.25) is 0 Å². The highest BCUT2D eigenvalue weighted by molar-refractivity contribution is 8.44. The van der Waals surface area contributed by atoms with Gasteiger partial charge in [-0.15, -0.1) is 0 Å². The van der Waals surface area contributed by atoms with Gasteiger partial charge in [-0.25, -0.2) is 53.2 Å². The number of aromatic nitrogens is 12. The zero-order valence-corrected chi connectivity index (χ0v) is 51.9. The zero-order valence-electron chi connectivity index (χ0n) is 45.0. The molecule has 6 unspecified atom stereocenters. The molecule has 0 amide bonds. The first-order chi connectivity index (χ1) is 41.8. The van der Waals surface area contributed by atoms with Gasteiger partial charge in [0, 0.05) is 0 Å². The third-order valence-electron chi connectivity index (χ3n) is 15.1. The summed E-state index contributed by atoms with van der Waals surface area (Å²) in [6, 6.07) is -0.564. The largest absolute Gasteiger partial charge is 0.386 e. The lowest BCUT2D eigenvalue weighted by molar-refractivity contribution is -0.0608. The monoisotopic (exact) mass is 1400 g/mol. The molecule has 22 atom stereocenters. The predicted octanol–water partition coefficient (Wildman–Crippen LogP) is 2.59. The molecule has 8 aliphatic heterocycles. The number of ether oxygens (including phenoxy) is 4. The van der Waals surface area contributed by atoms with E-state index in [-0.39, 0.29) is 53.5 Å². The number of nitrogens with two attached hydrogens (primary N) is 2. The van der Waals surface area contributed by atoms with Crippen LogP contribution in [0.3, 0.4) is 0 Å². The molecule has 0 spiro atoms. The number of fused-ring (bicyclic) bond motifs is 10. The van der Waals surface area contributed by atoms with Crippen LogP contribution in [0.1, 0.15) is 69.7 Å². The SMILES string of the molecule is C.CC1N=CNc2c1ncn2[C@@H]1O[C@@H]2COP(O)(=S)O[C@H]3[C@@H](O)[C@H](n4cnc5c(N)ncnc54)O[C@@H]3COP(=O)(S)O[C@@H]1[C@@H]2F.CC1N=CNc2c1ncn2[C@@H]1O[C@@H]2COP(O)(=S)O[C@H]3[C@@H](O)[C@H](n4cnc5c(N)ncnc54)O[C@@H]3COP(O)(=S)O[C@@H]1[C@H]2F. The maximum absolute atomic E-state index is 15.9. The van der Waals surface area contributed by atoms with Gasteiger partial charge in [0.25, 0.3) is 0 Å². The van der Waals surface area contributed by atoms with Crippen molar-refractivity contribution in [2.75, 3.05) is 48.5 Å². The van der Waals surface area contributed by atoms with Gasteiger partial charge in [0.15, 0.2) is 60.2 Å². The van der Waals surface area contributed by atoms with E-state index >= 15 is 8.78 Å². The molecule has 0 aromatic carbocycles. The summed E-state index contributed by atoms with van der Waals surface area (Å²) in [5, 5.41) is 28.5. The van der Waals surface area contributed by atoms with Crippen molar-refractivity contribution in [3.8, 4) is 0 Å². The number of nitrogens with zero attached hydrogens (tertiary/aromatic N) is 14. The van der Waals surface area contributed by atoms with Crippen LogP contribution in [-0.4, -0.2) is 196 Å². The van der Waals surface area contributed by atoms with Crippen molar-refractivity contribution in [1.82, 2.24) is 58.1 Å². The molecule has 6 aromatic rings. The number of halogens is 2. The normalized spacial score (nSPS) is 40.4. The fourth-order valence-corrected chi connectivity index (χ4v) is 16.6. The Hall–Kier alpha value is -4.23. The van der Waals surface area contributed by atoms with Crippen molar-refractivity contribution >= 4 is 133 Å². The Morgan fingerprint density at radius 2 is 0.921 bits per heavy atom. The number of anilines is 4. The van der Waals surface area contributed by atoms with Crippen molar-refractivity contribution in [1.29, 1.82) is 0 Å². The van der Waals surface area contributed by atoms with Crippen molar-refractivity contribution in [3.05, 3.63) is 49.4 Å². The van der Waals surface area contributed by atoms with Crippen LogP contribution in [0.25, 0.3) is 22.3 Å². The first kappa shape index (κ1) is 64.9. The van der Waals surface area contributed by atoms with Crippen LogP contribution in [0.2, 0.25) is 0 Å². The van der Waals surface area contributed by atoms with E-state index in [0.29, 0.717) is 23.0 Å². The van der Waals surface area contributed by atoms with Gasteiger partial charge < -0.3 is 79.5 Å². The van der Waals surface area contributed by atoms with Crippen molar-refractivity contribution in [2.24, 2.45) is 9.98 Å². The van der Waals surface area contributed by atoms with E-state index in [0.717, 1.165) is 0 Å². The van der Waals surface area contributed by atoms with E-state index in [4.69, 9.17) is 102 Å². The van der Waals surface area contributed by atoms with Gasteiger partial charge in [0.1, 0.15) is 108 Å². The summed E-state index contributed by atoms with van der Waals surface area (Å²) in [5.41, 5.74) is 13.9. The molecule has 11 N–H and O–H groups in total. The lowest BCUT2D eigenvalue weighted by atomic mass is 10.1. The number of aliphatic hydroxyl groups excluding tert-OH is 2. The number of nitrogen functional groups attached to an aromatic ring is 2. The van der Waals surface area contributed by atoms with E-state index in [2.05, 4.69) is 72.7 Å². The standard InChI is InChI=1S/2C21H26FN9O9P2S2.CH4/c2*1-8-12-18(26-4-24-8)31(6-28-12)21-16-11(22)9(37-21)2-35-41(33,43)39-15-10(3-36-42(34,44)40-16)38-20(14(15)32)30-7-29-13-17(23)25-5-27-19(13)30;/h2*4-11,14-16,20-21,32H,2-3H2,1H3,(H,24,26)(H,33,43)(H,34,44)(H2,23,25,27);1H4/t8?,9-,10-,11+,14-,15-,16-,20-,21-,41?,42?;8?,9-,10-,11-,14-,15-,16-,20-,21-,41?,42?;/m11./s1. The molecule has 8 aliphatic rings. The van der Waals surface area contributed by atoms with E-state index < -0.39 is 152 Å². The fraction of sp³-hybridized carbons (Fsp3) is 0.581. The summed E-state index contributed by atoms with van der Waals surface area (Å²) in [5.74, 6) is 1.15. The number of imidazole rings is 4. The van der Waals surface area contributed by atoms with Gasteiger partial charge in [-0.05, 0) is 49.3 Å². The molecule has 6 aromatic heterocycles. The Morgan fingerprint density at radius 1 is 0.551 bits per heavy atom. The number of hydrogen-bond acceptors (Lipinski definition) is 32. The Labute approximate surface area is 521 Å². The topological polar surface area (TPSA) is 453 Å². The first-order valence-corrected chi connectivity index (χ1v) is 36.8. The zero-order chi connectivity index (χ0) is 61.9. The molecule has 0 saturated carbocycles. The van der Waals surface area contributed by atoms with Gasteiger partial charge in [-0.2, -0.15) is 0 Å². The molecular formula is C43H56F2N18O18P4S4. The van der Waals surface area contributed by atoms with Crippen LogP contribution < -0.4 is 22.1 Å². The highest BCUT2D eigenvalue weighted by Crippen LogP contribution is 2.60. The van der Waals surface area contributed by atoms with Gasteiger partial charge >= 0.3 is 27.0 Å². The van der Waals surface area contributed by atoms with E-state index in [9.17, 15) is 29.5 Å². The van der Waals surface area contributed by atoms with Crippen LogP contribution in [0.15, 0.2) is 47.9 Å². The van der Waals surface area contributed by atoms with Crippen molar-refractivity contribution in [3.63, 3.8) is 0 Å². The third kappa shape index (κ3) is 12.5. The molecule has 6 fully saturated rings. The summed E-state index contributed by atoms with van der Waals surface area (Å²) >= 11 is 19.8. The summed E-state index contributed by atoms with van der Waals surface area (Å²) in [4.78, 5) is 74.7. The van der Waals surface area contributed by atoms with Gasteiger partial charge in [-0.1, -0.05) is 19.7 Å². The number of nitrogens with one attached hydrogen (secondary N) is 2. The number of alkyl halides is 2. The molecule has 89 heavy (non-hydrogen) atoms. The Balaban J connectivity index is 0.000000171. The highest BCUT2D eigenvalue weighted by atomic mass is 32.7. The molecule has 0 aliphatic carbocycles. The average Bonchev–Trinajstić information content (AvgIpc) is 1.67. The smallest absolute Gasteiger partial charge is 0.386 e. The number of aliphatic hydroxyl groups is 2. The lowest BCUT2D eigenvalue weighted by Crippen LogP contribution is -2.36. The molecule has 36 nitrogen and oxygen atoms in total. The molecule has 4 bridgehead atoms. The maximum Gasteiger partial charge on any atom is 0.386 e. The van der Waals surface area contributed by atoms with Crippen molar-refractivity contribution in [2.45, 2.75) is 132 Å². The Kier molecular flexibility index (Phi) is 18.2. The third-order valence-corrected chi connectivity index (χ3v) is 21.4. The van der Waals surface area contributed by atoms with Crippen molar-refractivity contribution < 1.29 is 93.4 Å². The van der Waals surface area contributed by atoms with Gasteiger partial charge in [0.05, 0.1) is 76.5 Å². The minimum atomic E-state index is -4.34. The highest BCUT2D eigenvalue weighted by Gasteiger charge is 2.56. The quantitative estimate of drug-likeness (QED) is 0.0895. The molecule has 484 valence electrons. The summed E-state index contributed by atoms with van der Waals surface area (Å²) in [6.07, 6.45) is -11.6. The molecule has 14 heterocycles. The minimum absolute atomic E-state index is 0. The van der Waals surface area contributed by atoms with E-state index in [1.165, 1.54) is 68.9 Å². The number of hydrogen-bond donors (Lipinski definition) is 10. The number of rotatable bonds is 4. The molecule has 46 heteroatoms. The van der Waals surface area contributed by atoms with Crippen LogP contribution >= 0.6 is 39.2 Å². The minimum Gasteiger partial charge on any atom is -0.386 e. The Morgan fingerprint density at radius 3 is 1.36 bits per heavy atom. The average molecular weight is 1400 g/mol. The fourth-order valence-electron chi connectivity index (χ4n) is 10.9. The number of thiol groups is 1. The van der Waals surface area contributed by atoms with Crippen LogP contribution in [-0.2, 0) is 95.1 Å². The van der Waals surface area contributed by atoms with Crippen LogP contribution in [0, 0.1) is 0 Å².